The summed E-state index contributed by atoms with van der Waals surface area (Å²) in [4.78, 5) is 0. The topological polar surface area (TPSA) is 23.8 Å². The van der Waals surface area contributed by atoms with E-state index in [9.17, 15) is 17.6 Å². The Morgan fingerprint density at radius 3 is 2.26 bits per heavy atom. The van der Waals surface area contributed by atoms with Crippen molar-refractivity contribution < 1.29 is 17.6 Å². The molecule has 0 radical (unpaired) electrons. The third kappa shape index (κ3) is 3.85. The van der Waals surface area contributed by atoms with Gasteiger partial charge in [0.1, 0.15) is 17.7 Å². The predicted octanol–water partition coefficient (Wildman–Crippen LogP) is 6.86. The molecule has 0 amide bonds. The van der Waals surface area contributed by atoms with E-state index < -0.39 is 28.8 Å². The largest absolute Gasteiger partial charge is 0.206 e. The van der Waals surface area contributed by atoms with Crippen LogP contribution in [0, 0.1) is 40.5 Å². The first kappa shape index (κ1) is 19.4. The Balaban J connectivity index is 1.93. The molecule has 2 aromatic rings. The van der Waals surface area contributed by atoms with E-state index in [1.807, 2.05) is 0 Å². The van der Waals surface area contributed by atoms with Crippen LogP contribution in [-0.2, 0) is 0 Å². The Morgan fingerprint density at radius 2 is 1.67 bits per heavy atom. The van der Waals surface area contributed by atoms with Crippen molar-refractivity contribution in [2.45, 2.75) is 51.4 Å². The van der Waals surface area contributed by atoms with Crippen LogP contribution in [0.5, 0.6) is 0 Å². The summed E-state index contributed by atoms with van der Waals surface area (Å²) in [7, 11) is 0. The van der Waals surface area contributed by atoms with E-state index in [1.54, 1.807) is 6.07 Å². The number of hydrogen-bond donors (Lipinski definition) is 0. The molecule has 0 atom stereocenters. The van der Waals surface area contributed by atoms with Gasteiger partial charge >= 0.3 is 0 Å². The second-order valence-electron chi connectivity index (χ2n) is 7.26. The molecule has 0 spiro atoms. The quantitative estimate of drug-likeness (QED) is 0.423. The summed E-state index contributed by atoms with van der Waals surface area (Å²) < 4.78 is 57.8. The zero-order valence-corrected chi connectivity index (χ0v) is 15.2. The Kier molecular flexibility index (Phi) is 5.84. The van der Waals surface area contributed by atoms with Gasteiger partial charge in [-0.15, -0.1) is 0 Å². The van der Waals surface area contributed by atoms with Gasteiger partial charge in [-0.05, 0) is 66.8 Å². The summed E-state index contributed by atoms with van der Waals surface area (Å²) in [6, 6.07) is 5.90. The summed E-state index contributed by atoms with van der Waals surface area (Å²) >= 11 is 0. The molecule has 0 aliphatic heterocycles. The number of rotatable bonds is 4. The molecule has 0 aromatic heterocycles. The lowest BCUT2D eigenvalue weighted by atomic mass is 9.77. The van der Waals surface area contributed by atoms with Gasteiger partial charge in [0, 0.05) is 0 Å². The fraction of sp³-hybridized carbons (Fsp3) is 0.409. The van der Waals surface area contributed by atoms with Crippen molar-refractivity contribution in [1.82, 2.24) is 0 Å². The number of nitrogens with zero attached hydrogens (tertiary/aromatic N) is 1. The minimum Gasteiger partial charge on any atom is -0.206 e. The maximum Gasteiger partial charge on any atom is 0.169 e. The molecular formula is C22H21F4N. The lowest BCUT2D eigenvalue weighted by Crippen LogP contribution is -2.15. The van der Waals surface area contributed by atoms with E-state index in [1.165, 1.54) is 6.07 Å². The van der Waals surface area contributed by atoms with Crippen LogP contribution in [0.15, 0.2) is 24.3 Å². The Hall–Kier alpha value is -2.35. The predicted molar refractivity (Wildman–Crippen MR) is 96.0 cm³/mol. The van der Waals surface area contributed by atoms with Crippen molar-refractivity contribution in [1.29, 1.82) is 5.26 Å². The number of halogens is 4. The van der Waals surface area contributed by atoms with Gasteiger partial charge in [0.25, 0.3) is 0 Å². The van der Waals surface area contributed by atoms with Crippen molar-refractivity contribution in [3.8, 4) is 17.2 Å². The highest BCUT2D eigenvalue weighted by Gasteiger charge is 2.28. The molecular weight excluding hydrogens is 354 g/mol. The summed E-state index contributed by atoms with van der Waals surface area (Å²) in [6.07, 6.45) is 5.52. The standard InChI is InChI=1S/C22H21F4N/c1-2-3-13-4-6-14(7-5-13)17-11-19(24)20(22(26)21(17)25)15-8-9-16(12-27)18(23)10-15/h8-11,13-14H,2-7H2,1H3. The van der Waals surface area contributed by atoms with Crippen molar-refractivity contribution >= 4 is 0 Å². The van der Waals surface area contributed by atoms with E-state index in [0.29, 0.717) is 18.8 Å². The molecule has 27 heavy (non-hydrogen) atoms. The third-order valence-corrected chi connectivity index (χ3v) is 5.55. The highest BCUT2D eigenvalue weighted by molar-refractivity contribution is 5.66. The second kappa shape index (κ2) is 8.12. The third-order valence-electron chi connectivity index (χ3n) is 5.55. The molecule has 1 fully saturated rings. The highest BCUT2D eigenvalue weighted by Crippen LogP contribution is 2.41. The Bertz CT molecular complexity index is 877. The second-order valence-corrected chi connectivity index (χ2v) is 7.26. The van der Waals surface area contributed by atoms with Crippen LogP contribution in [0.25, 0.3) is 11.1 Å². The van der Waals surface area contributed by atoms with E-state index >= 15 is 0 Å². The molecule has 1 saturated carbocycles. The van der Waals surface area contributed by atoms with Gasteiger partial charge in [-0.3, -0.25) is 0 Å². The summed E-state index contributed by atoms with van der Waals surface area (Å²) in [5.74, 6) is -3.77. The molecule has 1 nitrogen and oxygen atoms in total. The van der Waals surface area contributed by atoms with Gasteiger partial charge in [0.15, 0.2) is 11.6 Å². The lowest BCUT2D eigenvalue weighted by molar-refractivity contribution is 0.302. The van der Waals surface area contributed by atoms with E-state index in [2.05, 4.69) is 6.92 Å². The molecule has 1 aliphatic rings. The van der Waals surface area contributed by atoms with Crippen LogP contribution >= 0.6 is 0 Å². The summed E-state index contributed by atoms with van der Waals surface area (Å²) in [6.45, 7) is 2.13. The van der Waals surface area contributed by atoms with E-state index in [0.717, 1.165) is 43.9 Å². The Morgan fingerprint density at radius 1 is 0.963 bits per heavy atom. The van der Waals surface area contributed by atoms with Crippen LogP contribution in [-0.4, -0.2) is 0 Å². The van der Waals surface area contributed by atoms with Crippen LogP contribution in [0.4, 0.5) is 17.6 Å². The molecule has 2 aromatic carbocycles. The van der Waals surface area contributed by atoms with Gasteiger partial charge in [-0.25, -0.2) is 17.6 Å². The van der Waals surface area contributed by atoms with Gasteiger partial charge in [-0.1, -0.05) is 25.8 Å². The summed E-state index contributed by atoms with van der Waals surface area (Å²) in [5, 5.41) is 8.77. The van der Waals surface area contributed by atoms with Crippen LogP contribution in [0.3, 0.4) is 0 Å². The van der Waals surface area contributed by atoms with E-state index in [-0.39, 0.29) is 22.6 Å². The zero-order valence-electron chi connectivity index (χ0n) is 15.2. The molecule has 0 bridgehead atoms. The maximum absolute atomic E-state index is 14.7. The van der Waals surface area contributed by atoms with Crippen LogP contribution in [0.2, 0.25) is 0 Å². The molecule has 5 heteroatoms. The fourth-order valence-corrected chi connectivity index (χ4v) is 4.11. The number of benzene rings is 2. The highest BCUT2D eigenvalue weighted by atomic mass is 19.2. The minimum atomic E-state index is -1.30. The lowest BCUT2D eigenvalue weighted by Gasteiger charge is -2.29. The van der Waals surface area contributed by atoms with Gasteiger partial charge in [-0.2, -0.15) is 5.26 Å². The first-order valence-electron chi connectivity index (χ1n) is 9.33. The molecule has 142 valence electrons. The smallest absolute Gasteiger partial charge is 0.169 e. The average Bonchev–Trinajstić information content (AvgIpc) is 2.66. The summed E-state index contributed by atoms with van der Waals surface area (Å²) in [5.41, 5.74) is -0.892. The number of hydrogen-bond acceptors (Lipinski definition) is 1. The van der Waals surface area contributed by atoms with Crippen molar-refractivity contribution in [2.75, 3.05) is 0 Å². The van der Waals surface area contributed by atoms with Crippen molar-refractivity contribution in [3.05, 3.63) is 58.7 Å². The first-order valence-corrected chi connectivity index (χ1v) is 9.33. The van der Waals surface area contributed by atoms with Crippen molar-refractivity contribution in [3.63, 3.8) is 0 Å². The monoisotopic (exact) mass is 375 g/mol. The first-order chi connectivity index (χ1) is 13.0. The maximum atomic E-state index is 14.7. The van der Waals surface area contributed by atoms with Crippen LogP contribution < -0.4 is 0 Å². The van der Waals surface area contributed by atoms with Gasteiger partial charge in [0.2, 0.25) is 0 Å². The molecule has 3 rings (SSSR count). The van der Waals surface area contributed by atoms with Gasteiger partial charge < -0.3 is 0 Å². The zero-order chi connectivity index (χ0) is 19.6. The number of nitriles is 1. The molecule has 0 saturated heterocycles. The minimum absolute atomic E-state index is 0.0674. The van der Waals surface area contributed by atoms with Crippen LogP contribution in [0.1, 0.15) is 62.5 Å². The van der Waals surface area contributed by atoms with Gasteiger partial charge in [0.05, 0.1) is 11.1 Å². The molecule has 0 heterocycles. The molecule has 1 aliphatic carbocycles. The van der Waals surface area contributed by atoms with E-state index in [4.69, 9.17) is 5.26 Å². The SMILES string of the molecule is CCCC1CCC(c2cc(F)c(-c3ccc(C#N)c(F)c3)c(F)c2F)CC1. The molecule has 0 unspecified atom stereocenters. The Labute approximate surface area is 156 Å². The average molecular weight is 375 g/mol. The fourth-order valence-electron chi connectivity index (χ4n) is 4.11. The normalized spacial score (nSPS) is 19.7. The molecule has 0 N–H and O–H groups in total. The van der Waals surface area contributed by atoms with Crippen molar-refractivity contribution in [2.24, 2.45) is 5.92 Å².